The van der Waals surface area contributed by atoms with Gasteiger partial charge in [-0.2, -0.15) is 0 Å². The molecule has 0 amide bonds. The van der Waals surface area contributed by atoms with Gasteiger partial charge in [0.15, 0.2) is 5.96 Å². The number of rotatable bonds is 5. The topological polar surface area (TPSA) is 62.2 Å². The molecule has 2 heterocycles. The van der Waals surface area contributed by atoms with Gasteiger partial charge in [-0.25, -0.2) is 4.98 Å². The van der Waals surface area contributed by atoms with Crippen molar-refractivity contribution in [3.63, 3.8) is 0 Å². The molecule has 7 heteroatoms. The Bertz CT molecular complexity index is 772. The van der Waals surface area contributed by atoms with E-state index < -0.39 is 0 Å². The summed E-state index contributed by atoms with van der Waals surface area (Å²) < 4.78 is 10.5. The molecule has 0 aliphatic carbocycles. The third kappa shape index (κ3) is 4.81. The number of methoxy groups -OCH3 is 2. The van der Waals surface area contributed by atoms with Crippen molar-refractivity contribution in [3.05, 3.63) is 48.2 Å². The van der Waals surface area contributed by atoms with E-state index in [-0.39, 0.29) is 0 Å². The van der Waals surface area contributed by atoms with Gasteiger partial charge in [0.2, 0.25) is 5.88 Å². The number of aliphatic imine (C=N–C) groups is 1. The van der Waals surface area contributed by atoms with Crippen LogP contribution in [0.1, 0.15) is 5.56 Å². The van der Waals surface area contributed by atoms with Crippen LogP contribution in [-0.4, -0.2) is 63.3 Å². The Labute approximate surface area is 160 Å². The van der Waals surface area contributed by atoms with E-state index in [1.165, 1.54) is 5.69 Å². The lowest BCUT2D eigenvalue weighted by Gasteiger charge is -2.37. The maximum absolute atomic E-state index is 5.33. The van der Waals surface area contributed by atoms with Crippen LogP contribution in [-0.2, 0) is 6.54 Å². The summed E-state index contributed by atoms with van der Waals surface area (Å²) in [5, 5.41) is 3.43. The third-order valence-electron chi connectivity index (χ3n) is 4.67. The van der Waals surface area contributed by atoms with E-state index in [1.54, 1.807) is 20.4 Å². The second-order valence-corrected chi connectivity index (χ2v) is 6.28. The number of aromatic nitrogens is 1. The molecule has 0 atom stereocenters. The van der Waals surface area contributed by atoms with Crippen molar-refractivity contribution in [2.75, 3.05) is 52.3 Å². The maximum Gasteiger partial charge on any atom is 0.213 e. The summed E-state index contributed by atoms with van der Waals surface area (Å²) in [7, 11) is 5.15. The highest BCUT2D eigenvalue weighted by molar-refractivity contribution is 5.80. The Hall–Kier alpha value is -2.96. The van der Waals surface area contributed by atoms with Crippen LogP contribution in [0.2, 0.25) is 0 Å². The number of piperazine rings is 1. The van der Waals surface area contributed by atoms with Crippen LogP contribution >= 0.6 is 0 Å². The first-order chi connectivity index (χ1) is 13.2. The first-order valence-electron chi connectivity index (χ1n) is 9.07. The van der Waals surface area contributed by atoms with Gasteiger partial charge in [-0.3, -0.25) is 4.99 Å². The lowest BCUT2D eigenvalue weighted by molar-refractivity contribution is 0.371. The van der Waals surface area contributed by atoms with Gasteiger partial charge in [-0.1, -0.05) is 6.07 Å². The monoisotopic (exact) mass is 369 g/mol. The van der Waals surface area contributed by atoms with Gasteiger partial charge >= 0.3 is 0 Å². The van der Waals surface area contributed by atoms with Crippen LogP contribution in [0.5, 0.6) is 11.6 Å². The largest absolute Gasteiger partial charge is 0.497 e. The fourth-order valence-electron chi connectivity index (χ4n) is 3.17. The van der Waals surface area contributed by atoms with Crippen LogP contribution in [0.15, 0.2) is 47.6 Å². The molecule has 3 rings (SSSR count). The number of pyridine rings is 1. The zero-order valence-corrected chi connectivity index (χ0v) is 16.2. The first kappa shape index (κ1) is 18.8. The predicted octanol–water partition coefficient (Wildman–Crippen LogP) is 2.00. The fraction of sp³-hybridized carbons (Fsp3) is 0.400. The zero-order chi connectivity index (χ0) is 19.1. The van der Waals surface area contributed by atoms with E-state index >= 15 is 0 Å². The molecule has 1 N–H and O–H groups in total. The van der Waals surface area contributed by atoms with Gasteiger partial charge in [0, 0.05) is 63.8 Å². The number of hydrogen-bond donors (Lipinski definition) is 1. The van der Waals surface area contributed by atoms with Crippen LogP contribution in [0.3, 0.4) is 0 Å². The smallest absolute Gasteiger partial charge is 0.213 e. The van der Waals surface area contributed by atoms with Crippen molar-refractivity contribution in [1.82, 2.24) is 15.2 Å². The summed E-state index contributed by atoms with van der Waals surface area (Å²) in [4.78, 5) is 13.2. The molecule has 144 valence electrons. The van der Waals surface area contributed by atoms with Crippen molar-refractivity contribution in [3.8, 4) is 11.6 Å². The molecule has 1 aromatic heterocycles. The van der Waals surface area contributed by atoms with Crippen molar-refractivity contribution in [2.24, 2.45) is 4.99 Å². The molecule has 7 nitrogen and oxygen atoms in total. The minimum absolute atomic E-state index is 0.621. The highest BCUT2D eigenvalue weighted by Gasteiger charge is 2.20. The van der Waals surface area contributed by atoms with Crippen molar-refractivity contribution in [2.45, 2.75) is 6.54 Å². The number of guanidine groups is 1. The van der Waals surface area contributed by atoms with E-state index in [0.29, 0.717) is 12.4 Å². The Balaban J connectivity index is 1.55. The molecular formula is C20H27N5O2. The number of ether oxygens (including phenoxy) is 2. The normalized spacial score (nSPS) is 14.9. The molecule has 0 saturated carbocycles. The molecule has 1 aliphatic rings. The summed E-state index contributed by atoms with van der Waals surface area (Å²) in [6.07, 6.45) is 1.76. The van der Waals surface area contributed by atoms with Crippen molar-refractivity contribution < 1.29 is 9.47 Å². The predicted molar refractivity (Wildman–Crippen MR) is 108 cm³/mol. The Morgan fingerprint density at radius 1 is 1.11 bits per heavy atom. The quantitative estimate of drug-likeness (QED) is 0.643. The summed E-state index contributed by atoms with van der Waals surface area (Å²) in [5.74, 6) is 2.42. The molecule has 0 unspecified atom stereocenters. The minimum atomic E-state index is 0.621. The maximum atomic E-state index is 5.33. The molecular weight excluding hydrogens is 342 g/mol. The van der Waals surface area contributed by atoms with Crippen LogP contribution in [0.25, 0.3) is 0 Å². The molecule has 1 aliphatic heterocycles. The van der Waals surface area contributed by atoms with Gasteiger partial charge < -0.3 is 24.6 Å². The summed E-state index contributed by atoms with van der Waals surface area (Å²) in [5.41, 5.74) is 2.30. The van der Waals surface area contributed by atoms with Crippen molar-refractivity contribution in [1.29, 1.82) is 0 Å². The molecule has 27 heavy (non-hydrogen) atoms. The molecule has 0 radical (unpaired) electrons. The van der Waals surface area contributed by atoms with Crippen LogP contribution < -0.4 is 19.7 Å². The average molecular weight is 369 g/mol. The van der Waals surface area contributed by atoms with E-state index in [2.05, 4.69) is 37.2 Å². The van der Waals surface area contributed by atoms with Crippen LogP contribution in [0, 0.1) is 0 Å². The molecule has 1 saturated heterocycles. The van der Waals surface area contributed by atoms with Gasteiger partial charge in [0.05, 0.1) is 14.2 Å². The molecule has 1 aromatic carbocycles. The number of nitrogens with one attached hydrogen (secondary N) is 1. The fourth-order valence-corrected chi connectivity index (χ4v) is 3.17. The van der Waals surface area contributed by atoms with Crippen molar-refractivity contribution >= 4 is 11.6 Å². The number of anilines is 1. The van der Waals surface area contributed by atoms with Crippen LogP contribution in [0.4, 0.5) is 5.69 Å². The minimum Gasteiger partial charge on any atom is -0.497 e. The highest BCUT2D eigenvalue weighted by atomic mass is 16.5. The molecule has 1 fully saturated rings. The van der Waals surface area contributed by atoms with Gasteiger partial charge in [0.1, 0.15) is 5.75 Å². The number of benzene rings is 1. The summed E-state index contributed by atoms with van der Waals surface area (Å²) >= 11 is 0. The van der Waals surface area contributed by atoms with Gasteiger partial charge in [-0.15, -0.1) is 0 Å². The zero-order valence-electron chi connectivity index (χ0n) is 16.2. The molecule has 0 spiro atoms. The number of hydrogen-bond acceptors (Lipinski definition) is 5. The second-order valence-electron chi connectivity index (χ2n) is 6.28. The second kappa shape index (κ2) is 9.12. The summed E-state index contributed by atoms with van der Waals surface area (Å²) in [6, 6.07) is 12.1. The highest BCUT2D eigenvalue weighted by Crippen LogP contribution is 2.22. The van der Waals surface area contributed by atoms with Gasteiger partial charge in [0.25, 0.3) is 0 Å². The average Bonchev–Trinajstić information content (AvgIpc) is 2.75. The Kier molecular flexibility index (Phi) is 6.35. The van der Waals surface area contributed by atoms with E-state index in [1.807, 2.05) is 31.3 Å². The molecule has 2 aromatic rings. The van der Waals surface area contributed by atoms with Gasteiger partial charge in [-0.05, 0) is 23.8 Å². The van der Waals surface area contributed by atoms with E-state index in [4.69, 9.17) is 9.47 Å². The number of nitrogens with zero attached hydrogens (tertiary/aromatic N) is 4. The third-order valence-corrected chi connectivity index (χ3v) is 4.67. The standard InChI is InChI=1S/C20H27N5O2/c1-21-20(23-15-16-7-8-22-19(13-16)27-3)25-11-9-24(10-12-25)17-5-4-6-18(14-17)26-2/h4-8,13-14H,9-12,15H2,1-3H3,(H,21,23). The molecule has 0 bridgehead atoms. The van der Waals surface area contributed by atoms with E-state index in [0.717, 1.165) is 43.5 Å². The first-order valence-corrected chi connectivity index (χ1v) is 9.07. The SMILES string of the molecule is CN=C(NCc1ccnc(OC)c1)N1CCN(c2cccc(OC)c2)CC1. The lowest BCUT2D eigenvalue weighted by Crippen LogP contribution is -2.52. The Morgan fingerprint density at radius 3 is 2.63 bits per heavy atom. The lowest BCUT2D eigenvalue weighted by atomic mass is 10.2. The van der Waals surface area contributed by atoms with E-state index in [9.17, 15) is 0 Å². The Morgan fingerprint density at radius 2 is 1.93 bits per heavy atom. The summed E-state index contributed by atoms with van der Waals surface area (Å²) in [6.45, 7) is 4.39.